The van der Waals surface area contributed by atoms with Crippen LogP contribution in [0.2, 0.25) is 0 Å². The van der Waals surface area contributed by atoms with E-state index in [9.17, 15) is 0 Å². The first kappa shape index (κ1) is 15.7. The van der Waals surface area contributed by atoms with Gasteiger partial charge in [-0.05, 0) is 48.5 Å². The van der Waals surface area contributed by atoms with Crippen molar-refractivity contribution in [3.8, 4) is 0 Å². The van der Waals surface area contributed by atoms with Crippen molar-refractivity contribution in [2.45, 2.75) is 30.9 Å². The lowest BCUT2D eigenvalue weighted by Crippen LogP contribution is -2.60. The molecular weight excluding hydrogens is 329 g/mol. The lowest BCUT2D eigenvalue weighted by Gasteiger charge is -2.56. The summed E-state index contributed by atoms with van der Waals surface area (Å²) in [6, 6.07) is 28.6. The Bertz CT molecular complexity index is 1020. The van der Waals surface area contributed by atoms with Gasteiger partial charge in [0.1, 0.15) is 5.60 Å². The first-order valence-electron chi connectivity index (χ1n) is 9.94. The SMILES string of the molecule is Cc1ccc(B2OC3(c4ccccc4)c4ccccc4C34CCCN24)cc1. The van der Waals surface area contributed by atoms with E-state index in [2.05, 4.69) is 90.6 Å². The van der Waals surface area contributed by atoms with E-state index in [0.29, 0.717) is 0 Å². The molecule has 27 heavy (non-hydrogen) atoms. The molecule has 1 spiro atoms. The second kappa shape index (κ2) is 5.34. The number of aryl methyl sites for hydroxylation is 1. The van der Waals surface area contributed by atoms with Gasteiger partial charge >= 0.3 is 7.05 Å². The van der Waals surface area contributed by atoms with Crippen molar-refractivity contribution in [2.75, 3.05) is 6.54 Å². The van der Waals surface area contributed by atoms with Crippen molar-refractivity contribution < 1.29 is 4.65 Å². The lowest BCUT2D eigenvalue weighted by molar-refractivity contribution is -0.00606. The third kappa shape index (κ3) is 1.75. The fraction of sp³-hybridized carbons (Fsp3) is 0.250. The molecule has 0 saturated carbocycles. The molecule has 2 atom stereocenters. The maximum Gasteiger partial charge on any atom is 0.420 e. The molecule has 2 fully saturated rings. The monoisotopic (exact) mass is 351 g/mol. The minimum absolute atomic E-state index is 0.000654. The molecule has 3 aromatic rings. The molecule has 2 nitrogen and oxygen atoms in total. The molecule has 2 unspecified atom stereocenters. The topological polar surface area (TPSA) is 12.5 Å². The zero-order chi connectivity index (χ0) is 18.1. The van der Waals surface area contributed by atoms with Gasteiger partial charge in [0.15, 0.2) is 0 Å². The third-order valence-corrected chi connectivity index (χ3v) is 6.88. The fourth-order valence-electron chi connectivity index (χ4n) is 5.83. The van der Waals surface area contributed by atoms with Crippen LogP contribution in [0.3, 0.4) is 0 Å². The Morgan fingerprint density at radius 2 is 1.56 bits per heavy atom. The van der Waals surface area contributed by atoms with Gasteiger partial charge in [0.25, 0.3) is 0 Å². The first-order chi connectivity index (χ1) is 13.3. The normalized spacial score (nSPS) is 28.4. The van der Waals surface area contributed by atoms with Gasteiger partial charge in [0.2, 0.25) is 0 Å². The lowest BCUT2D eigenvalue weighted by atomic mass is 9.55. The van der Waals surface area contributed by atoms with Gasteiger partial charge in [-0.25, -0.2) is 0 Å². The van der Waals surface area contributed by atoms with E-state index >= 15 is 0 Å². The summed E-state index contributed by atoms with van der Waals surface area (Å²) in [4.78, 5) is 2.63. The molecule has 6 rings (SSSR count). The molecule has 0 bridgehead atoms. The highest BCUT2D eigenvalue weighted by Gasteiger charge is 2.75. The van der Waals surface area contributed by atoms with Crippen LogP contribution in [0.15, 0.2) is 78.9 Å². The van der Waals surface area contributed by atoms with E-state index in [1.807, 2.05) is 0 Å². The average Bonchev–Trinajstić information content (AvgIpc) is 3.26. The molecule has 1 aliphatic carbocycles. The molecule has 2 heterocycles. The van der Waals surface area contributed by atoms with E-state index in [0.717, 1.165) is 13.0 Å². The molecule has 3 aliphatic rings. The molecule has 3 aromatic carbocycles. The van der Waals surface area contributed by atoms with E-state index in [4.69, 9.17) is 4.65 Å². The van der Waals surface area contributed by atoms with Crippen LogP contribution < -0.4 is 5.46 Å². The maximum atomic E-state index is 7.07. The van der Waals surface area contributed by atoms with Crippen LogP contribution >= 0.6 is 0 Å². The quantitative estimate of drug-likeness (QED) is 0.648. The Morgan fingerprint density at radius 1 is 0.852 bits per heavy atom. The van der Waals surface area contributed by atoms with Gasteiger partial charge in [-0.2, -0.15) is 0 Å². The minimum atomic E-state index is -0.364. The number of nitrogens with zero attached hydrogens (tertiary/aromatic N) is 1. The van der Waals surface area contributed by atoms with Crippen molar-refractivity contribution in [1.82, 2.24) is 4.81 Å². The molecule has 0 amide bonds. The highest BCUT2D eigenvalue weighted by Crippen LogP contribution is 2.69. The first-order valence-corrected chi connectivity index (χ1v) is 9.94. The number of fused-ring (bicyclic) bond motifs is 2. The zero-order valence-corrected chi connectivity index (χ0v) is 15.6. The van der Waals surface area contributed by atoms with E-state index in [1.165, 1.54) is 34.1 Å². The Balaban J connectivity index is 1.60. The van der Waals surface area contributed by atoms with Gasteiger partial charge in [0, 0.05) is 0 Å². The van der Waals surface area contributed by atoms with Crippen LogP contribution in [0.1, 0.15) is 35.1 Å². The Morgan fingerprint density at radius 3 is 2.33 bits per heavy atom. The molecule has 0 radical (unpaired) electrons. The number of hydrogen-bond donors (Lipinski definition) is 0. The van der Waals surface area contributed by atoms with E-state index in [-0.39, 0.29) is 18.2 Å². The molecule has 132 valence electrons. The smallest absolute Gasteiger partial charge is 0.402 e. The van der Waals surface area contributed by atoms with Gasteiger partial charge in [-0.3, -0.25) is 0 Å². The highest BCUT2D eigenvalue weighted by molar-refractivity contribution is 6.66. The maximum absolute atomic E-state index is 7.07. The Hall–Kier alpha value is -2.36. The number of hydrogen-bond acceptors (Lipinski definition) is 2. The van der Waals surface area contributed by atoms with Crippen LogP contribution in [-0.2, 0) is 15.8 Å². The molecule has 0 aromatic heterocycles. The molecule has 3 heteroatoms. The van der Waals surface area contributed by atoms with Gasteiger partial charge in [-0.1, -0.05) is 84.4 Å². The second-order valence-electron chi connectivity index (χ2n) is 8.13. The predicted octanol–water partition coefficient (Wildman–Crippen LogP) is 3.97. The summed E-state index contributed by atoms with van der Waals surface area (Å²) in [7, 11) is 0.000654. The van der Waals surface area contributed by atoms with Crippen LogP contribution in [-0.4, -0.2) is 18.4 Å². The van der Waals surface area contributed by atoms with Crippen molar-refractivity contribution in [2.24, 2.45) is 0 Å². The average molecular weight is 351 g/mol. The van der Waals surface area contributed by atoms with E-state index in [1.54, 1.807) is 0 Å². The summed E-state index contributed by atoms with van der Waals surface area (Å²) in [6.07, 6.45) is 2.37. The number of benzene rings is 3. The summed E-state index contributed by atoms with van der Waals surface area (Å²) >= 11 is 0. The predicted molar refractivity (Wildman–Crippen MR) is 109 cm³/mol. The summed E-state index contributed by atoms with van der Waals surface area (Å²) < 4.78 is 7.07. The Kier molecular flexibility index (Phi) is 3.10. The molecule has 2 aliphatic heterocycles. The van der Waals surface area contributed by atoms with Crippen LogP contribution in [0.5, 0.6) is 0 Å². The minimum Gasteiger partial charge on any atom is -0.402 e. The van der Waals surface area contributed by atoms with Crippen LogP contribution in [0.25, 0.3) is 0 Å². The van der Waals surface area contributed by atoms with Crippen molar-refractivity contribution in [3.63, 3.8) is 0 Å². The van der Waals surface area contributed by atoms with Crippen molar-refractivity contribution in [3.05, 3.63) is 101 Å². The van der Waals surface area contributed by atoms with Crippen LogP contribution in [0.4, 0.5) is 0 Å². The molecule has 0 N–H and O–H groups in total. The number of rotatable bonds is 2. The summed E-state index contributed by atoms with van der Waals surface area (Å²) in [5.74, 6) is 0. The zero-order valence-electron chi connectivity index (χ0n) is 15.6. The highest BCUT2D eigenvalue weighted by atomic mass is 16.5. The summed E-state index contributed by atoms with van der Waals surface area (Å²) in [5, 5.41) is 0. The second-order valence-corrected chi connectivity index (χ2v) is 8.13. The Labute approximate surface area is 160 Å². The fourth-order valence-corrected chi connectivity index (χ4v) is 5.83. The molecule has 2 saturated heterocycles. The van der Waals surface area contributed by atoms with Crippen molar-refractivity contribution >= 4 is 12.5 Å². The van der Waals surface area contributed by atoms with Crippen molar-refractivity contribution in [1.29, 1.82) is 0 Å². The van der Waals surface area contributed by atoms with E-state index < -0.39 is 0 Å². The van der Waals surface area contributed by atoms with Gasteiger partial charge in [-0.15, -0.1) is 0 Å². The summed E-state index contributed by atoms with van der Waals surface area (Å²) in [5.41, 5.74) is 6.23. The molecular formula is C24H22BNO. The third-order valence-electron chi connectivity index (χ3n) is 6.88. The standard InChI is InChI=1S/C24H22BNO/c1-18-12-14-20(15-13-18)25-26-17-7-16-23(26)21-10-5-6-11-22(21)24(23,27-25)19-8-3-2-4-9-19/h2-6,8-15H,7,16-17H2,1H3. The largest absolute Gasteiger partial charge is 0.420 e. The van der Waals surface area contributed by atoms with Crippen LogP contribution in [0, 0.1) is 6.92 Å². The van der Waals surface area contributed by atoms with Gasteiger partial charge < -0.3 is 9.47 Å². The van der Waals surface area contributed by atoms with Gasteiger partial charge in [0.05, 0.1) is 5.54 Å². The summed E-state index contributed by atoms with van der Waals surface area (Å²) in [6.45, 7) is 3.23.